The first-order valence-electron chi connectivity index (χ1n) is 6.57. The minimum atomic E-state index is -4.47. The SMILES string of the molecule is COCC(C)(C)NC(=O)C[C@H](c1ccccc1)C(F)(F)F. The van der Waals surface area contributed by atoms with Crippen molar-refractivity contribution >= 4 is 5.91 Å². The molecule has 0 bridgehead atoms. The highest BCUT2D eigenvalue weighted by atomic mass is 19.4. The molecule has 0 saturated carbocycles. The van der Waals surface area contributed by atoms with E-state index < -0.39 is 30.0 Å². The molecule has 0 saturated heterocycles. The molecule has 21 heavy (non-hydrogen) atoms. The van der Waals surface area contributed by atoms with Crippen molar-refractivity contribution in [1.29, 1.82) is 0 Å². The van der Waals surface area contributed by atoms with Gasteiger partial charge >= 0.3 is 6.18 Å². The molecule has 0 aromatic heterocycles. The first kappa shape index (κ1) is 17.5. The molecule has 1 amide bonds. The Labute approximate surface area is 122 Å². The fourth-order valence-corrected chi connectivity index (χ4v) is 2.12. The molecule has 3 nitrogen and oxygen atoms in total. The fourth-order valence-electron chi connectivity index (χ4n) is 2.12. The summed E-state index contributed by atoms with van der Waals surface area (Å²) in [7, 11) is 1.47. The summed E-state index contributed by atoms with van der Waals surface area (Å²) >= 11 is 0. The fraction of sp³-hybridized carbons (Fsp3) is 0.533. The highest BCUT2D eigenvalue weighted by Gasteiger charge is 2.42. The van der Waals surface area contributed by atoms with Crippen LogP contribution in [0, 0.1) is 0 Å². The first-order valence-corrected chi connectivity index (χ1v) is 6.57. The number of ether oxygens (including phenoxy) is 1. The van der Waals surface area contributed by atoms with Gasteiger partial charge in [-0.3, -0.25) is 4.79 Å². The van der Waals surface area contributed by atoms with Gasteiger partial charge in [0.2, 0.25) is 5.91 Å². The zero-order chi connectivity index (χ0) is 16.1. The molecule has 0 aliphatic heterocycles. The quantitative estimate of drug-likeness (QED) is 0.876. The maximum absolute atomic E-state index is 13.1. The number of benzene rings is 1. The Hall–Kier alpha value is -1.56. The lowest BCUT2D eigenvalue weighted by Gasteiger charge is -2.27. The van der Waals surface area contributed by atoms with Crippen molar-refractivity contribution < 1.29 is 22.7 Å². The lowest BCUT2D eigenvalue weighted by molar-refractivity contribution is -0.157. The number of nitrogens with one attached hydrogen (secondary N) is 1. The summed E-state index contributed by atoms with van der Waals surface area (Å²) < 4.78 is 44.4. The van der Waals surface area contributed by atoms with E-state index >= 15 is 0 Å². The van der Waals surface area contributed by atoms with Gasteiger partial charge in [0.1, 0.15) is 0 Å². The molecule has 0 radical (unpaired) electrons. The second-order valence-electron chi connectivity index (χ2n) is 5.57. The molecule has 1 atom stereocenters. The third kappa shape index (κ3) is 5.75. The lowest BCUT2D eigenvalue weighted by Crippen LogP contribution is -2.47. The van der Waals surface area contributed by atoms with Crippen LogP contribution in [0.25, 0.3) is 0 Å². The number of hydrogen-bond donors (Lipinski definition) is 1. The Balaban J connectivity index is 2.82. The summed E-state index contributed by atoms with van der Waals surface area (Å²) in [4.78, 5) is 11.9. The molecule has 0 aliphatic carbocycles. The number of amides is 1. The van der Waals surface area contributed by atoms with Gasteiger partial charge in [-0.25, -0.2) is 0 Å². The molecule has 0 heterocycles. The van der Waals surface area contributed by atoms with Gasteiger partial charge in [0, 0.05) is 13.5 Å². The van der Waals surface area contributed by atoms with Gasteiger partial charge in [0.25, 0.3) is 0 Å². The molecule has 1 aromatic rings. The van der Waals surface area contributed by atoms with Crippen molar-refractivity contribution in [2.24, 2.45) is 0 Å². The number of halogens is 3. The highest BCUT2D eigenvalue weighted by Crippen LogP contribution is 2.37. The number of carbonyl (C=O) groups is 1. The van der Waals surface area contributed by atoms with Gasteiger partial charge in [-0.2, -0.15) is 13.2 Å². The van der Waals surface area contributed by atoms with Crippen molar-refractivity contribution in [3.8, 4) is 0 Å². The van der Waals surface area contributed by atoms with E-state index in [9.17, 15) is 18.0 Å². The normalized spacial score (nSPS) is 13.8. The van der Waals surface area contributed by atoms with Gasteiger partial charge in [-0.05, 0) is 19.4 Å². The number of rotatable bonds is 6. The molecule has 1 N–H and O–H groups in total. The monoisotopic (exact) mass is 303 g/mol. The van der Waals surface area contributed by atoms with Crippen molar-refractivity contribution in [3.05, 3.63) is 35.9 Å². The second-order valence-corrected chi connectivity index (χ2v) is 5.57. The van der Waals surface area contributed by atoms with Gasteiger partial charge in [-0.15, -0.1) is 0 Å². The second kappa shape index (κ2) is 6.93. The van der Waals surface area contributed by atoms with Crippen LogP contribution < -0.4 is 5.32 Å². The molecular formula is C15H20F3NO2. The summed E-state index contributed by atoms with van der Waals surface area (Å²) in [5.74, 6) is -2.46. The number of hydrogen-bond acceptors (Lipinski definition) is 2. The van der Waals surface area contributed by atoms with Gasteiger partial charge in [-0.1, -0.05) is 30.3 Å². The van der Waals surface area contributed by atoms with Crippen molar-refractivity contribution in [1.82, 2.24) is 5.32 Å². The molecule has 0 unspecified atom stereocenters. The van der Waals surface area contributed by atoms with Crippen molar-refractivity contribution in [2.75, 3.05) is 13.7 Å². The topological polar surface area (TPSA) is 38.3 Å². The Kier molecular flexibility index (Phi) is 5.78. The highest BCUT2D eigenvalue weighted by molar-refractivity contribution is 5.77. The van der Waals surface area contributed by atoms with E-state index in [4.69, 9.17) is 4.74 Å². The molecule has 1 aromatic carbocycles. The average Bonchev–Trinajstić information content (AvgIpc) is 2.35. The predicted molar refractivity (Wildman–Crippen MR) is 74.0 cm³/mol. The molecule has 6 heteroatoms. The van der Waals surface area contributed by atoms with Crippen molar-refractivity contribution in [2.45, 2.75) is 37.9 Å². The van der Waals surface area contributed by atoms with Crippen LogP contribution in [0.4, 0.5) is 13.2 Å². The first-order chi connectivity index (χ1) is 9.65. The zero-order valence-corrected chi connectivity index (χ0v) is 12.3. The standard InChI is InChI=1S/C15H20F3NO2/c1-14(2,10-21-3)19-13(20)9-12(15(16,17)18)11-7-5-4-6-8-11/h4-8,12H,9-10H2,1-3H3,(H,19,20)/t12-/m1/s1. The average molecular weight is 303 g/mol. The third-order valence-corrected chi connectivity index (χ3v) is 2.97. The van der Waals surface area contributed by atoms with Crippen LogP contribution in [-0.2, 0) is 9.53 Å². The Morgan fingerprint density at radius 3 is 2.29 bits per heavy atom. The number of methoxy groups -OCH3 is 1. The molecule has 118 valence electrons. The Morgan fingerprint density at radius 2 is 1.81 bits per heavy atom. The van der Waals surface area contributed by atoms with E-state index in [1.165, 1.54) is 31.4 Å². The van der Waals surface area contributed by atoms with Gasteiger partial charge < -0.3 is 10.1 Å². The lowest BCUT2D eigenvalue weighted by atomic mass is 9.94. The number of carbonyl (C=O) groups excluding carboxylic acids is 1. The van der Waals surface area contributed by atoms with E-state index in [2.05, 4.69) is 5.32 Å². The van der Waals surface area contributed by atoms with E-state index in [1.807, 2.05) is 0 Å². The van der Waals surface area contributed by atoms with E-state index in [0.717, 1.165) is 0 Å². The van der Waals surface area contributed by atoms with E-state index in [0.29, 0.717) is 0 Å². The Morgan fingerprint density at radius 1 is 1.24 bits per heavy atom. The Bertz CT molecular complexity index is 458. The maximum atomic E-state index is 13.1. The van der Waals surface area contributed by atoms with E-state index in [-0.39, 0.29) is 12.2 Å². The molecule has 0 spiro atoms. The molecule has 1 rings (SSSR count). The molecular weight excluding hydrogens is 283 g/mol. The van der Waals surface area contributed by atoms with E-state index in [1.54, 1.807) is 19.9 Å². The van der Waals surface area contributed by atoms with Crippen LogP contribution >= 0.6 is 0 Å². The molecule has 0 fully saturated rings. The number of alkyl halides is 3. The summed E-state index contributed by atoms with van der Waals surface area (Å²) in [6.07, 6.45) is -5.11. The molecule has 0 aliphatic rings. The maximum Gasteiger partial charge on any atom is 0.396 e. The van der Waals surface area contributed by atoms with Crippen LogP contribution in [0.15, 0.2) is 30.3 Å². The zero-order valence-electron chi connectivity index (χ0n) is 12.3. The van der Waals surface area contributed by atoms with Crippen LogP contribution in [0.5, 0.6) is 0 Å². The van der Waals surface area contributed by atoms with Crippen LogP contribution in [0.3, 0.4) is 0 Å². The third-order valence-electron chi connectivity index (χ3n) is 2.97. The smallest absolute Gasteiger partial charge is 0.382 e. The summed E-state index contributed by atoms with van der Waals surface area (Å²) in [6.45, 7) is 3.61. The van der Waals surface area contributed by atoms with Crippen LogP contribution in [-0.4, -0.2) is 31.3 Å². The van der Waals surface area contributed by atoms with Gasteiger partial charge in [0.05, 0.1) is 18.1 Å². The summed E-state index contributed by atoms with van der Waals surface area (Å²) in [5.41, 5.74) is -0.622. The van der Waals surface area contributed by atoms with Gasteiger partial charge in [0.15, 0.2) is 0 Å². The van der Waals surface area contributed by atoms with Crippen LogP contribution in [0.1, 0.15) is 31.7 Å². The minimum absolute atomic E-state index is 0.0877. The van der Waals surface area contributed by atoms with Crippen molar-refractivity contribution in [3.63, 3.8) is 0 Å². The summed E-state index contributed by atoms with van der Waals surface area (Å²) in [5, 5.41) is 2.57. The largest absolute Gasteiger partial charge is 0.396 e. The predicted octanol–water partition coefficient (Wildman–Crippen LogP) is 3.26. The summed E-state index contributed by atoms with van der Waals surface area (Å²) in [6, 6.07) is 7.46. The van der Waals surface area contributed by atoms with Crippen LogP contribution in [0.2, 0.25) is 0 Å². The minimum Gasteiger partial charge on any atom is -0.382 e.